The minimum absolute atomic E-state index is 0.160. The SMILES string of the molecule is COc1cc(NC(=O)N2CCS[C@@H]2c2ccc(Cl)cc2Cl)cc(OC)c1. The fraction of sp³-hybridized carbons (Fsp3) is 0.278. The monoisotopic (exact) mass is 412 g/mol. The summed E-state index contributed by atoms with van der Waals surface area (Å²) in [5.74, 6) is 2.04. The third-order valence-electron chi connectivity index (χ3n) is 3.98. The second kappa shape index (κ2) is 8.29. The van der Waals surface area contributed by atoms with E-state index in [0.29, 0.717) is 33.8 Å². The molecule has 3 rings (SSSR count). The van der Waals surface area contributed by atoms with E-state index in [1.54, 1.807) is 61.2 Å². The van der Waals surface area contributed by atoms with Gasteiger partial charge in [-0.1, -0.05) is 29.3 Å². The zero-order chi connectivity index (χ0) is 18.7. The van der Waals surface area contributed by atoms with Crippen molar-refractivity contribution in [2.24, 2.45) is 0 Å². The lowest BCUT2D eigenvalue weighted by atomic mass is 10.2. The normalized spacial score (nSPS) is 16.5. The van der Waals surface area contributed by atoms with Gasteiger partial charge in [-0.3, -0.25) is 0 Å². The number of amides is 2. The number of urea groups is 1. The van der Waals surface area contributed by atoms with Crippen LogP contribution in [0.5, 0.6) is 11.5 Å². The number of carbonyl (C=O) groups excluding carboxylic acids is 1. The predicted octanol–water partition coefficient (Wildman–Crippen LogP) is 5.29. The van der Waals surface area contributed by atoms with Gasteiger partial charge in [0.1, 0.15) is 16.9 Å². The first-order valence-electron chi connectivity index (χ1n) is 7.89. The van der Waals surface area contributed by atoms with Gasteiger partial charge in [0.2, 0.25) is 0 Å². The average molecular weight is 413 g/mol. The molecule has 0 spiro atoms. The highest BCUT2D eigenvalue weighted by Gasteiger charge is 2.32. The summed E-state index contributed by atoms with van der Waals surface area (Å²) in [6.45, 7) is 0.626. The molecule has 0 unspecified atom stereocenters. The summed E-state index contributed by atoms with van der Waals surface area (Å²) in [5.41, 5.74) is 1.47. The van der Waals surface area contributed by atoms with E-state index in [4.69, 9.17) is 32.7 Å². The molecular formula is C18H18Cl2N2O3S. The number of nitrogens with zero attached hydrogens (tertiary/aromatic N) is 1. The molecule has 1 aliphatic heterocycles. The first-order valence-corrected chi connectivity index (χ1v) is 9.69. The average Bonchev–Trinajstić information content (AvgIpc) is 3.10. The molecule has 0 radical (unpaired) electrons. The molecule has 1 atom stereocenters. The third kappa shape index (κ3) is 4.14. The minimum atomic E-state index is -0.207. The summed E-state index contributed by atoms with van der Waals surface area (Å²) in [5, 5.41) is 3.87. The molecule has 138 valence electrons. The number of nitrogens with one attached hydrogen (secondary N) is 1. The van der Waals surface area contributed by atoms with Crippen LogP contribution >= 0.6 is 35.0 Å². The van der Waals surface area contributed by atoms with Gasteiger partial charge in [-0.05, 0) is 12.1 Å². The van der Waals surface area contributed by atoms with Crippen molar-refractivity contribution in [1.29, 1.82) is 0 Å². The Kier molecular flexibility index (Phi) is 6.06. The van der Waals surface area contributed by atoms with Crippen LogP contribution in [0.15, 0.2) is 36.4 Å². The van der Waals surface area contributed by atoms with Crippen LogP contribution in [0.2, 0.25) is 10.0 Å². The standard InChI is InChI=1S/C18H18Cl2N2O3S/c1-24-13-8-12(9-14(10-13)25-2)21-18(23)22-5-6-26-17(22)15-4-3-11(19)7-16(15)20/h3-4,7-10,17H,5-6H2,1-2H3,(H,21,23)/t17-/m1/s1. The predicted molar refractivity (Wildman–Crippen MR) is 107 cm³/mol. The van der Waals surface area contributed by atoms with Crippen molar-refractivity contribution in [2.75, 3.05) is 31.8 Å². The van der Waals surface area contributed by atoms with Gasteiger partial charge in [-0.15, -0.1) is 11.8 Å². The number of benzene rings is 2. The van der Waals surface area contributed by atoms with E-state index < -0.39 is 0 Å². The number of methoxy groups -OCH3 is 2. The van der Waals surface area contributed by atoms with Crippen molar-refractivity contribution in [3.8, 4) is 11.5 Å². The van der Waals surface area contributed by atoms with Gasteiger partial charge in [0, 0.05) is 51.8 Å². The number of ether oxygens (including phenoxy) is 2. The molecule has 5 nitrogen and oxygen atoms in total. The van der Waals surface area contributed by atoms with Gasteiger partial charge >= 0.3 is 6.03 Å². The van der Waals surface area contributed by atoms with Gasteiger partial charge in [-0.2, -0.15) is 0 Å². The molecule has 1 heterocycles. The Morgan fingerprint density at radius 2 is 1.85 bits per heavy atom. The molecule has 1 N–H and O–H groups in total. The molecule has 0 aliphatic carbocycles. The number of hydrogen-bond donors (Lipinski definition) is 1. The van der Waals surface area contributed by atoms with Crippen LogP contribution < -0.4 is 14.8 Å². The van der Waals surface area contributed by atoms with E-state index in [9.17, 15) is 4.79 Å². The summed E-state index contributed by atoms with van der Waals surface area (Å²) in [6, 6.07) is 10.4. The number of carbonyl (C=O) groups is 1. The molecule has 1 aliphatic rings. The van der Waals surface area contributed by atoms with E-state index in [1.807, 2.05) is 6.07 Å². The lowest BCUT2D eigenvalue weighted by Crippen LogP contribution is -2.34. The maximum absolute atomic E-state index is 12.8. The quantitative estimate of drug-likeness (QED) is 0.740. The topological polar surface area (TPSA) is 50.8 Å². The summed E-state index contributed by atoms with van der Waals surface area (Å²) >= 11 is 14.0. The zero-order valence-corrected chi connectivity index (χ0v) is 16.6. The molecule has 2 amide bonds. The second-order valence-corrected chi connectivity index (χ2v) is 7.65. The van der Waals surface area contributed by atoms with Crippen molar-refractivity contribution < 1.29 is 14.3 Å². The molecule has 2 aromatic rings. The van der Waals surface area contributed by atoms with Crippen LogP contribution in [0.4, 0.5) is 10.5 Å². The van der Waals surface area contributed by atoms with E-state index in [1.165, 1.54) is 0 Å². The smallest absolute Gasteiger partial charge is 0.323 e. The number of halogens is 2. The highest BCUT2D eigenvalue weighted by Crippen LogP contribution is 2.42. The highest BCUT2D eigenvalue weighted by molar-refractivity contribution is 7.99. The van der Waals surface area contributed by atoms with E-state index in [-0.39, 0.29) is 11.4 Å². The largest absolute Gasteiger partial charge is 0.497 e. The zero-order valence-electron chi connectivity index (χ0n) is 14.3. The van der Waals surface area contributed by atoms with Gasteiger partial charge in [-0.25, -0.2) is 4.79 Å². The van der Waals surface area contributed by atoms with Crippen LogP contribution in [-0.2, 0) is 0 Å². The second-order valence-electron chi connectivity index (χ2n) is 5.61. The van der Waals surface area contributed by atoms with Crippen molar-refractivity contribution in [2.45, 2.75) is 5.37 Å². The van der Waals surface area contributed by atoms with E-state index in [2.05, 4.69) is 5.32 Å². The molecule has 2 aromatic carbocycles. The Morgan fingerprint density at radius 3 is 2.46 bits per heavy atom. The minimum Gasteiger partial charge on any atom is -0.497 e. The van der Waals surface area contributed by atoms with Crippen LogP contribution in [0.3, 0.4) is 0 Å². The van der Waals surface area contributed by atoms with E-state index >= 15 is 0 Å². The Balaban J connectivity index is 1.80. The molecule has 0 bridgehead atoms. The first kappa shape index (κ1) is 19.0. The first-order chi connectivity index (χ1) is 12.5. The summed E-state index contributed by atoms with van der Waals surface area (Å²) in [4.78, 5) is 14.6. The Bertz CT molecular complexity index is 797. The number of anilines is 1. The van der Waals surface area contributed by atoms with E-state index in [0.717, 1.165) is 11.3 Å². The Labute approximate surface area is 166 Å². The van der Waals surface area contributed by atoms with Gasteiger partial charge in [0.15, 0.2) is 0 Å². The summed E-state index contributed by atoms with van der Waals surface area (Å²) < 4.78 is 10.5. The summed E-state index contributed by atoms with van der Waals surface area (Å²) in [7, 11) is 3.13. The van der Waals surface area contributed by atoms with Crippen LogP contribution in [0, 0.1) is 0 Å². The molecule has 1 saturated heterocycles. The maximum atomic E-state index is 12.8. The van der Waals surface area contributed by atoms with Crippen molar-refractivity contribution in [1.82, 2.24) is 4.90 Å². The maximum Gasteiger partial charge on any atom is 0.323 e. The third-order valence-corrected chi connectivity index (χ3v) is 5.79. The molecule has 26 heavy (non-hydrogen) atoms. The van der Waals surface area contributed by atoms with Gasteiger partial charge in [0.05, 0.1) is 14.2 Å². The Morgan fingerprint density at radius 1 is 1.15 bits per heavy atom. The lowest BCUT2D eigenvalue weighted by molar-refractivity contribution is 0.214. The fourth-order valence-electron chi connectivity index (χ4n) is 2.71. The van der Waals surface area contributed by atoms with Crippen LogP contribution in [0.1, 0.15) is 10.9 Å². The fourth-order valence-corrected chi connectivity index (χ4v) is 4.58. The number of hydrogen-bond acceptors (Lipinski definition) is 4. The Hall–Kier alpha value is -1.76. The van der Waals surface area contributed by atoms with Gasteiger partial charge in [0.25, 0.3) is 0 Å². The van der Waals surface area contributed by atoms with Crippen molar-refractivity contribution >= 4 is 46.7 Å². The molecule has 0 saturated carbocycles. The molecular weight excluding hydrogens is 395 g/mol. The lowest BCUT2D eigenvalue weighted by Gasteiger charge is -2.25. The van der Waals surface area contributed by atoms with Crippen molar-refractivity contribution in [3.63, 3.8) is 0 Å². The highest BCUT2D eigenvalue weighted by atomic mass is 35.5. The molecule has 1 fully saturated rings. The molecule has 8 heteroatoms. The van der Waals surface area contributed by atoms with Crippen LogP contribution in [-0.4, -0.2) is 37.4 Å². The van der Waals surface area contributed by atoms with Crippen molar-refractivity contribution in [3.05, 3.63) is 52.0 Å². The number of rotatable bonds is 4. The van der Waals surface area contributed by atoms with Crippen LogP contribution in [0.25, 0.3) is 0 Å². The number of thioether (sulfide) groups is 1. The van der Waals surface area contributed by atoms with Gasteiger partial charge < -0.3 is 19.7 Å². The summed E-state index contributed by atoms with van der Waals surface area (Å²) in [6.07, 6.45) is 0. The molecule has 0 aromatic heterocycles.